The summed E-state index contributed by atoms with van der Waals surface area (Å²) < 4.78 is 5.07. The number of methoxy groups -OCH3 is 1. The first-order valence-corrected chi connectivity index (χ1v) is 6.89. The van der Waals surface area contributed by atoms with E-state index < -0.39 is 0 Å². The second kappa shape index (κ2) is 8.96. The van der Waals surface area contributed by atoms with E-state index in [1.165, 1.54) is 0 Å². The SMILES string of the molecule is CCC(C=NNC(=O)CNc1ccc(OC)cc1)CC. The molecule has 1 rings (SSSR count). The lowest BCUT2D eigenvalue weighted by Crippen LogP contribution is -2.26. The number of amides is 1. The third-order valence-corrected chi connectivity index (χ3v) is 3.07. The summed E-state index contributed by atoms with van der Waals surface area (Å²) in [5.74, 6) is 1.04. The quantitative estimate of drug-likeness (QED) is 0.567. The molecule has 0 spiro atoms. The zero-order valence-electron chi connectivity index (χ0n) is 12.3. The normalized spacial score (nSPS) is 10.8. The number of rotatable bonds is 8. The average molecular weight is 277 g/mol. The molecule has 0 fully saturated rings. The predicted octanol–water partition coefficient (Wildman–Crippen LogP) is 2.65. The summed E-state index contributed by atoms with van der Waals surface area (Å²) in [5.41, 5.74) is 3.38. The number of nitrogens with one attached hydrogen (secondary N) is 2. The Labute approximate surface area is 120 Å². The Bertz CT molecular complexity index is 425. The summed E-state index contributed by atoms with van der Waals surface area (Å²) in [7, 11) is 1.62. The zero-order chi connectivity index (χ0) is 14.8. The first kappa shape index (κ1) is 16.0. The van der Waals surface area contributed by atoms with E-state index in [2.05, 4.69) is 29.7 Å². The monoisotopic (exact) mass is 277 g/mol. The van der Waals surface area contributed by atoms with E-state index in [4.69, 9.17) is 4.74 Å². The first-order chi connectivity index (χ1) is 9.69. The van der Waals surface area contributed by atoms with Gasteiger partial charge in [-0.1, -0.05) is 13.8 Å². The molecule has 20 heavy (non-hydrogen) atoms. The summed E-state index contributed by atoms with van der Waals surface area (Å²) in [4.78, 5) is 11.6. The molecule has 0 aliphatic rings. The maximum absolute atomic E-state index is 11.6. The lowest BCUT2D eigenvalue weighted by Gasteiger charge is -2.07. The van der Waals surface area contributed by atoms with Crippen LogP contribution in [-0.4, -0.2) is 25.8 Å². The largest absolute Gasteiger partial charge is 0.497 e. The summed E-state index contributed by atoms with van der Waals surface area (Å²) in [6.07, 6.45) is 3.85. The molecule has 5 heteroatoms. The molecule has 0 aromatic heterocycles. The molecule has 0 radical (unpaired) electrons. The van der Waals surface area contributed by atoms with Crippen LogP contribution < -0.4 is 15.5 Å². The van der Waals surface area contributed by atoms with Crippen molar-refractivity contribution in [3.8, 4) is 5.75 Å². The van der Waals surface area contributed by atoms with Crippen LogP contribution in [0.1, 0.15) is 26.7 Å². The van der Waals surface area contributed by atoms with Crippen molar-refractivity contribution in [2.24, 2.45) is 11.0 Å². The number of carbonyl (C=O) groups is 1. The molecule has 1 aromatic carbocycles. The first-order valence-electron chi connectivity index (χ1n) is 6.89. The number of hydrogen-bond acceptors (Lipinski definition) is 4. The summed E-state index contributed by atoms with van der Waals surface area (Å²) in [5, 5.41) is 6.99. The van der Waals surface area contributed by atoms with Crippen LogP contribution in [-0.2, 0) is 4.79 Å². The molecule has 0 bridgehead atoms. The molecular formula is C15H23N3O2. The number of benzene rings is 1. The van der Waals surface area contributed by atoms with E-state index in [9.17, 15) is 4.79 Å². The average Bonchev–Trinajstić information content (AvgIpc) is 2.50. The molecule has 1 aromatic rings. The molecule has 0 saturated heterocycles. The van der Waals surface area contributed by atoms with Gasteiger partial charge in [-0.2, -0.15) is 5.10 Å². The standard InChI is InChI=1S/C15H23N3O2/c1-4-12(5-2)10-17-18-15(19)11-16-13-6-8-14(20-3)9-7-13/h6-10,12,16H,4-5,11H2,1-3H3,(H,18,19). The Hall–Kier alpha value is -2.04. The molecule has 5 nitrogen and oxygen atoms in total. The minimum Gasteiger partial charge on any atom is -0.497 e. The molecule has 110 valence electrons. The molecule has 2 N–H and O–H groups in total. The summed E-state index contributed by atoms with van der Waals surface area (Å²) in [6, 6.07) is 7.40. The topological polar surface area (TPSA) is 62.7 Å². The van der Waals surface area contributed by atoms with Gasteiger partial charge in [-0.25, -0.2) is 5.43 Å². The van der Waals surface area contributed by atoms with Crippen LogP contribution >= 0.6 is 0 Å². The summed E-state index contributed by atoms with van der Waals surface area (Å²) >= 11 is 0. The van der Waals surface area contributed by atoms with Gasteiger partial charge in [0, 0.05) is 11.9 Å². The third kappa shape index (κ3) is 5.73. The number of carbonyl (C=O) groups excluding carboxylic acids is 1. The van der Waals surface area contributed by atoms with Crippen LogP contribution in [0.2, 0.25) is 0 Å². The zero-order valence-corrected chi connectivity index (χ0v) is 12.3. The van der Waals surface area contributed by atoms with E-state index in [1.807, 2.05) is 24.3 Å². The van der Waals surface area contributed by atoms with Crippen molar-refractivity contribution >= 4 is 17.8 Å². The lowest BCUT2D eigenvalue weighted by molar-refractivity contribution is -0.119. The van der Waals surface area contributed by atoms with Gasteiger partial charge in [0.1, 0.15) is 5.75 Å². The molecular weight excluding hydrogens is 254 g/mol. The second-order valence-corrected chi connectivity index (χ2v) is 4.47. The van der Waals surface area contributed by atoms with Crippen molar-refractivity contribution in [1.82, 2.24) is 5.43 Å². The highest BCUT2D eigenvalue weighted by Gasteiger charge is 2.01. The maximum atomic E-state index is 11.6. The Morgan fingerprint density at radius 2 is 1.95 bits per heavy atom. The number of anilines is 1. The van der Waals surface area contributed by atoms with Crippen molar-refractivity contribution in [3.63, 3.8) is 0 Å². The molecule has 0 atom stereocenters. The molecule has 0 saturated carbocycles. The highest BCUT2D eigenvalue weighted by Crippen LogP contribution is 2.14. The minimum absolute atomic E-state index is 0.164. The second-order valence-electron chi connectivity index (χ2n) is 4.47. The maximum Gasteiger partial charge on any atom is 0.259 e. The van der Waals surface area contributed by atoms with Crippen molar-refractivity contribution in [3.05, 3.63) is 24.3 Å². The van der Waals surface area contributed by atoms with Gasteiger partial charge in [0.15, 0.2) is 0 Å². The molecule has 0 aliphatic carbocycles. The molecule has 1 amide bonds. The Kier molecular flexibility index (Phi) is 7.17. The van der Waals surface area contributed by atoms with Crippen LogP contribution in [0.15, 0.2) is 29.4 Å². The van der Waals surface area contributed by atoms with Gasteiger partial charge in [0.05, 0.1) is 13.7 Å². The van der Waals surface area contributed by atoms with Crippen molar-refractivity contribution in [1.29, 1.82) is 0 Å². The van der Waals surface area contributed by atoms with Gasteiger partial charge in [0.2, 0.25) is 0 Å². The number of hydrogen-bond donors (Lipinski definition) is 2. The van der Waals surface area contributed by atoms with E-state index >= 15 is 0 Å². The number of nitrogens with zero attached hydrogens (tertiary/aromatic N) is 1. The smallest absolute Gasteiger partial charge is 0.259 e. The van der Waals surface area contributed by atoms with Gasteiger partial charge in [-0.15, -0.1) is 0 Å². The van der Waals surface area contributed by atoms with Crippen molar-refractivity contribution in [2.45, 2.75) is 26.7 Å². The fraction of sp³-hybridized carbons (Fsp3) is 0.467. The third-order valence-electron chi connectivity index (χ3n) is 3.07. The molecule has 0 heterocycles. The highest BCUT2D eigenvalue weighted by atomic mass is 16.5. The van der Waals surface area contributed by atoms with Crippen molar-refractivity contribution < 1.29 is 9.53 Å². The van der Waals surface area contributed by atoms with Crippen LogP contribution in [0, 0.1) is 5.92 Å². The van der Waals surface area contributed by atoms with Crippen LogP contribution in [0.25, 0.3) is 0 Å². The van der Waals surface area contributed by atoms with Gasteiger partial charge in [0.25, 0.3) is 5.91 Å². The van der Waals surface area contributed by atoms with Crippen molar-refractivity contribution in [2.75, 3.05) is 19.0 Å². The van der Waals surface area contributed by atoms with Gasteiger partial charge >= 0.3 is 0 Å². The van der Waals surface area contributed by atoms with Crippen LogP contribution in [0.3, 0.4) is 0 Å². The summed E-state index contributed by atoms with van der Waals surface area (Å²) in [6.45, 7) is 4.40. The number of ether oxygens (including phenoxy) is 1. The Balaban J connectivity index is 2.32. The van der Waals surface area contributed by atoms with Crippen LogP contribution in [0.4, 0.5) is 5.69 Å². The molecule has 0 aliphatic heterocycles. The van der Waals surface area contributed by atoms with E-state index in [0.717, 1.165) is 24.3 Å². The predicted molar refractivity (Wildman–Crippen MR) is 82.2 cm³/mol. The highest BCUT2D eigenvalue weighted by molar-refractivity contribution is 5.81. The fourth-order valence-corrected chi connectivity index (χ4v) is 1.64. The Morgan fingerprint density at radius 1 is 1.30 bits per heavy atom. The molecule has 0 unspecified atom stereocenters. The number of hydrazone groups is 1. The van der Waals surface area contributed by atoms with E-state index in [-0.39, 0.29) is 12.5 Å². The van der Waals surface area contributed by atoms with Gasteiger partial charge in [-0.3, -0.25) is 4.79 Å². The van der Waals surface area contributed by atoms with Crippen LogP contribution in [0.5, 0.6) is 5.75 Å². The van der Waals surface area contributed by atoms with E-state index in [1.54, 1.807) is 13.3 Å². The Morgan fingerprint density at radius 3 is 2.50 bits per heavy atom. The minimum atomic E-state index is -0.164. The van der Waals surface area contributed by atoms with Gasteiger partial charge in [-0.05, 0) is 43.0 Å². The lowest BCUT2D eigenvalue weighted by atomic mass is 10.1. The fourth-order valence-electron chi connectivity index (χ4n) is 1.64. The van der Waals surface area contributed by atoms with Gasteiger partial charge < -0.3 is 10.1 Å². The van der Waals surface area contributed by atoms with E-state index in [0.29, 0.717) is 5.92 Å².